The molecule has 0 aliphatic rings. The molecule has 0 atom stereocenters. The number of nitrogens with one attached hydrogen (secondary N) is 1. The van der Waals surface area contributed by atoms with Crippen molar-refractivity contribution in [1.82, 2.24) is 0 Å². The monoisotopic (exact) mass is 471 g/mol. The molecule has 1 heterocycles. The van der Waals surface area contributed by atoms with E-state index in [4.69, 9.17) is 14.7 Å². The van der Waals surface area contributed by atoms with Crippen molar-refractivity contribution in [1.29, 1.82) is 10.5 Å². The van der Waals surface area contributed by atoms with Crippen LogP contribution in [0.25, 0.3) is 17.2 Å². The summed E-state index contributed by atoms with van der Waals surface area (Å²) in [6.07, 6.45) is 1.38. The number of nitriles is 2. The Balaban J connectivity index is 1.95. The van der Waals surface area contributed by atoms with Gasteiger partial charge in [-0.1, -0.05) is 48.0 Å². The molecule has 2 aromatic carbocycles. The van der Waals surface area contributed by atoms with E-state index in [-0.39, 0.29) is 29.4 Å². The molecule has 0 radical (unpaired) electrons. The first-order chi connectivity index (χ1) is 16.5. The van der Waals surface area contributed by atoms with Gasteiger partial charge in [0.15, 0.2) is 6.61 Å². The normalized spacial score (nSPS) is 10.6. The third-order valence-electron chi connectivity index (χ3n) is 4.74. The van der Waals surface area contributed by atoms with Crippen molar-refractivity contribution in [3.63, 3.8) is 0 Å². The summed E-state index contributed by atoms with van der Waals surface area (Å²) in [6, 6.07) is 18.2. The maximum Gasteiger partial charge on any atom is 0.341 e. The lowest BCUT2D eigenvalue weighted by Gasteiger charge is -2.09. The minimum Gasteiger partial charge on any atom is -0.478 e. The molecule has 0 saturated heterocycles. The van der Waals surface area contributed by atoms with Crippen LogP contribution in [-0.4, -0.2) is 25.1 Å². The van der Waals surface area contributed by atoms with Crippen molar-refractivity contribution >= 4 is 34.3 Å². The number of esters is 1. The van der Waals surface area contributed by atoms with Crippen LogP contribution in [0.3, 0.4) is 0 Å². The second kappa shape index (κ2) is 11.5. The Labute approximate surface area is 201 Å². The number of para-hydroxylation sites is 1. The molecule has 170 valence electrons. The number of amides is 1. The number of carbonyl (C=O) groups excluding carboxylic acids is 2. The van der Waals surface area contributed by atoms with Crippen molar-refractivity contribution in [2.24, 2.45) is 0 Å². The number of rotatable bonds is 8. The molecule has 1 amide bonds. The fourth-order valence-corrected chi connectivity index (χ4v) is 4.07. The zero-order chi connectivity index (χ0) is 24.5. The Morgan fingerprint density at radius 2 is 1.85 bits per heavy atom. The first-order valence-electron chi connectivity index (χ1n) is 10.4. The van der Waals surface area contributed by atoms with E-state index in [1.54, 1.807) is 36.6 Å². The molecule has 0 unspecified atom stereocenters. The lowest BCUT2D eigenvalue weighted by atomic mass is 10.0. The molecular formula is C26H21N3O4S. The van der Waals surface area contributed by atoms with E-state index >= 15 is 0 Å². The molecule has 0 fully saturated rings. The second-order valence-corrected chi connectivity index (χ2v) is 7.93. The smallest absolute Gasteiger partial charge is 0.341 e. The average molecular weight is 472 g/mol. The summed E-state index contributed by atoms with van der Waals surface area (Å²) in [7, 11) is 0. The maximum absolute atomic E-state index is 13.0. The van der Waals surface area contributed by atoms with Crippen LogP contribution in [0.4, 0.5) is 5.00 Å². The minimum atomic E-state index is -0.680. The molecule has 0 spiro atoms. The van der Waals surface area contributed by atoms with Crippen LogP contribution in [0.1, 0.15) is 28.4 Å². The van der Waals surface area contributed by atoms with E-state index in [1.807, 2.05) is 43.3 Å². The predicted molar refractivity (Wildman–Crippen MR) is 130 cm³/mol. The van der Waals surface area contributed by atoms with E-state index in [2.05, 4.69) is 5.32 Å². The summed E-state index contributed by atoms with van der Waals surface area (Å²) < 4.78 is 10.6. The molecular weight excluding hydrogens is 450 g/mol. The van der Waals surface area contributed by atoms with Crippen molar-refractivity contribution in [3.05, 3.63) is 76.2 Å². The van der Waals surface area contributed by atoms with Crippen molar-refractivity contribution in [3.8, 4) is 29.0 Å². The van der Waals surface area contributed by atoms with E-state index in [0.29, 0.717) is 16.9 Å². The van der Waals surface area contributed by atoms with Crippen LogP contribution in [0.5, 0.6) is 5.75 Å². The summed E-state index contributed by atoms with van der Waals surface area (Å²) in [5.74, 6) is -0.873. The van der Waals surface area contributed by atoms with E-state index < -0.39 is 11.9 Å². The summed E-state index contributed by atoms with van der Waals surface area (Å²) in [5, 5.41) is 23.1. The summed E-state index contributed by atoms with van der Waals surface area (Å²) in [5.41, 5.74) is 3.04. The largest absolute Gasteiger partial charge is 0.478 e. The fourth-order valence-electron chi connectivity index (χ4n) is 3.12. The number of carbonyl (C=O) groups is 2. The lowest BCUT2D eigenvalue weighted by molar-refractivity contribution is -0.112. The molecule has 1 N–H and O–H groups in total. The maximum atomic E-state index is 13.0. The molecule has 8 heteroatoms. The number of aryl methyl sites for hydroxylation is 1. The quantitative estimate of drug-likeness (QED) is 0.269. The van der Waals surface area contributed by atoms with Gasteiger partial charge in [0.05, 0.1) is 6.61 Å². The highest BCUT2D eigenvalue weighted by molar-refractivity contribution is 7.15. The van der Waals surface area contributed by atoms with Crippen molar-refractivity contribution in [2.75, 3.05) is 18.5 Å². The lowest BCUT2D eigenvalue weighted by Crippen LogP contribution is -2.16. The van der Waals surface area contributed by atoms with Crippen molar-refractivity contribution in [2.45, 2.75) is 13.8 Å². The number of anilines is 1. The SMILES string of the molecule is CCOC(=O)c1c(-c2ccc(C)cc2)csc1NC(=O)/C(C#N)=C/c1ccccc1OCC#N. The van der Waals surface area contributed by atoms with Crippen LogP contribution >= 0.6 is 11.3 Å². The Kier molecular flexibility index (Phi) is 8.17. The van der Waals surface area contributed by atoms with Crippen LogP contribution in [0, 0.1) is 29.6 Å². The summed E-state index contributed by atoms with van der Waals surface area (Å²) >= 11 is 1.18. The molecule has 0 aliphatic heterocycles. The van der Waals surface area contributed by atoms with E-state index in [1.165, 1.54) is 17.4 Å². The number of ether oxygens (including phenoxy) is 2. The summed E-state index contributed by atoms with van der Waals surface area (Å²) in [4.78, 5) is 25.7. The molecule has 0 bridgehead atoms. The fraction of sp³-hybridized carbons (Fsp3) is 0.154. The number of benzene rings is 2. The number of hydrogen-bond donors (Lipinski definition) is 1. The number of hydrogen-bond acceptors (Lipinski definition) is 7. The Morgan fingerprint density at radius 3 is 2.53 bits per heavy atom. The van der Waals surface area contributed by atoms with Gasteiger partial charge in [0.2, 0.25) is 0 Å². The van der Waals surface area contributed by atoms with E-state index in [9.17, 15) is 14.9 Å². The summed E-state index contributed by atoms with van der Waals surface area (Å²) in [6.45, 7) is 3.68. The zero-order valence-electron chi connectivity index (χ0n) is 18.6. The molecule has 7 nitrogen and oxygen atoms in total. The number of nitrogens with zero attached hydrogens (tertiary/aromatic N) is 2. The Hall–Kier alpha value is -4.40. The van der Waals surface area contributed by atoms with Gasteiger partial charge in [-0.2, -0.15) is 10.5 Å². The van der Waals surface area contributed by atoms with Gasteiger partial charge < -0.3 is 14.8 Å². The zero-order valence-corrected chi connectivity index (χ0v) is 19.4. The highest BCUT2D eigenvalue weighted by Crippen LogP contribution is 2.36. The molecule has 0 aliphatic carbocycles. The molecule has 1 aromatic heterocycles. The van der Waals surface area contributed by atoms with Gasteiger partial charge in [-0.15, -0.1) is 11.3 Å². The third kappa shape index (κ3) is 5.69. The van der Waals surface area contributed by atoms with Gasteiger partial charge in [-0.3, -0.25) is 4.79 Å². The number of thiophene rings is 1. The predicted octanol–water partition coefficient (Wildman–Crippen LogP) is 5.35. The highest BCUT2D eigenvalue weighted by atomic mass is 32.1. The first kappa shape index (κ1) is 24.2. The van der Waals surface area contributed by atoms with Crippen LogP contribution < -0.4 is 10.1 Å². The standard InChI is InChI=1S/C26H21N3O4S/c1-3-32-26(31)23-21(18-10-8-17(2)9-11-18)16-34-25(23)29-24(30)20(15-28)14-19-6-4-5-7-22(19)33-13-12-27/h4-11,14,16H,3,13H2,1-2H3,(H,29,30)/b20-14+. The Morgan fingerprint density at radius 1 is 1.12 bits per heavy atom. The second-order valence-electron chi connectivity index (χ2n) is 7.05. The molecule has 0 saturated carbocycles. The van der Waals surface area contributed by atoms with E-state index in [0.717, 1.165) is 11.1 Å². The van der Waals surface area contributed by atoms with Gasteiger partial charge in [-0.25, -0.2) is 4.79 Å². The first-order valence-corrected chi connectivity index (χ1v) is 11.2. The molecule has 3 rings (SSSR count). The third-order valence-corrected chi connectivity index (χ3v) is 5.63. The highest BCUT2D eigenvalue weighted by Gasteiger charge is 2.24. The van der Waals surface area contributed by atoms with Crippen LogP contribution in [0.15, 0.2) is 59.5 Å². The van der Waals surface area contributed by atoms with Gasteiger partial charge in [-0.05, 0) is 31.6 Å². The molecule has 3 aromatic rings. The van der Waals surface area contributed by atoms with Gasteiger partial charge >= 0.3 is 5.97 Å². The van der Waals surface area contributed by atoms with Crippen LogP contribution in [-0.2, 0) is 9.53 Å². The van der Waals surface area contributed by atoms with Crippen LogP contribution in [0.2, 0.25) is 0 Å². The van der Waals surface area contributed by atoms with Gasteiger partial charge in [0, 0.05) is 16.5 Å². The Bertz CT molecular complexity index is 1310. The average Bonchev–Trinajstić information content (AvgIpc) is 3.25. The minimum absolute atomic E-state index is 0.168. The van der Waals surface area contributed by atoms with Crippen molar-refractivity contribution < 1.29 is 19.1 Å². The van der Waals surface area contributed by atoms with Gasteiger partial charge in [0.25, 0.3) is 5.91 Å². The topological polar surface area (TPSA) is 112 Å². The van der Waals surface area contributed by atoms with Gasteiger partial charge in [0.1, 0.15) is 34.0 Å². The molecule has 34 heavy (non-hydrogen) atoms.